The van der Waals surface area contributed by atoms with Crippen molar-refractivity contribution in [2.45, 2.75) is 38.3 Å². The number of carbonyl (C=O) groups is 3. The highest BCUT2D eigenvalue weighted by Gasteiger charge is 2.39. The summed E-state index contributed by atoms with van der Waals surface area (Å²) in [5, 5.41) is 22.8. The van der Waals surface area contributed by atoms with E-state index in [0.717, 1.165) is 37.3 Å². The molecule has 0 saturated heterocycles. The van der Waals surface area contributed by atoms with Crippen LogP contribution in [-0.2, 0) is 35.5 Å². The molecule has 0 fully saturated rings. The van der Waals surface area contributed by atoms with E-state index in [-0.39, 0.29) is 5.91 Å². The van der Waals surface area contributed by atoms with Crippen molar-refractivity contribution in [3.63, 3.8) is 0 Å². The number of nitrogens with one attached hydrogen (secondary N) is 1. The number of methoxy groups -OCH3 is 1. The second-order valence-electron chi connectivity index (χ2n) is 9.89. The Bertz CT molecular complexity index is 1540. The largest absolute Gasteiger partial charge is 0.496 e. The molecule has 0 radical (unpaired) electrons. The number of aromatic amines is 1. The molecule has 244 valence electrons. The molecule has 0 atom stereocenters. The van der Waals surface area contributed by atoms with Gasteiger partial charge in [-0.3, -0.25) is 14.8 Å². The Morgan fingerprint density at radius 3 is 2.11 bits per heavy atom. The smallest absolute Gasteiger partial charge is 0.490 e. The van der Waals surface area contributed by atoms with Gasteiger partial charge in [0, 0.05) is 54.4 Å². The zero-order chi connectivity index (χ0) is 33.7. The van der Waals surface area contributed by atoms with Crippen LogP contribution in [0.5, 0.6) is 5.75 Å². The molecule has 0 saturated carbocycles. The number of aliphatic carboxylic acids is 2. The molecule has 2 aliphatic heterocycles. The molecule has 2 aromatic carbocycles. The predicted molar refractivity (Wildman–Crippen MR) is 148 cm³/mol. The van der Waals surface area contributed by atoms with Gasteiger partial charge >= 0.3 is 24.3 Å². The lowest BCUT2D eigenvalue weighted by atomic mass is 9.96. The fourth-order valence-corrected chi connectivity index (χ4v) is 4.89. The molecule has 17 heteroatoms. The van der Waals surface area contributed by atoms with Gasteiger partial charge in [-0.25, -0.2) is 9.59 Å². The molecule has 0 unspecified atom stereocenters. The molecule has 10 nitrogen and oxygen atoms in total. The first-order chi connectivity index (χ1) is 20.9. The van der Waals surface area contributed by atoms with E-state index in [1.807, 2.05) is 4.90 Å². The average molecular weight is 665 g/mol. The summed E-state index contributed by atoms with van der Waals surface area (Å²) in [5.74, 6) is -5.04. The Morgan fingerprint density at radius 1 is 0.933 bits per heavy atom. The van der Waals surface area contributed by atoms with E-state index in [4.69, 9.17) is 41.2 Å². The maximum Gasteiger partial charge on any atom is 0.490 e. The molecule has 3 heterocycles. The van der Waals surface area contributed by atoms with Gasteiger partial charge in [-0.05, 0) is 42.8 Å². The number of alkyl halides is 6. The van der Waals surface area contributed by atoms with Gasteiger partial charge in [0.25, 0.3) is 5.91 Å². The van der Waals surface area contributed by atoms with E-state index in [1.54, 1.807) is 25.3 Å². The van der Waals surface area contributed by atoms with E-state index in [0.29, 0.717) is 29.4 Å². The quantitative estimate of drug-likeness (QED) is 0.326. The van der Waals surface area contributed by atoms with Gasteiger partial charge in [0.15, 0.2) is 0 Å². The van der Waals surface area contributed by atoms with Crippen LogP contribution in [0.25, 0.3) is 11.3 Å². The highest BCUT2D eigenvalue weighted by molar-refractivity contribution is 6.30. The number of hydrogen-bond acceptors (Lipinski definition) is 6. The highest BCUT2D eigenvalue weighted by atomic mass is 35.5. The number of carboxylic acid groups (broad SMARTS) is 2. The second kappa shape index (κ2) is 14.2. The SMILES string of the molecule is COc1cc(Cl)ccc1C(=O)N1CCc2[nH]nc(-c3cccc4c3CN(C)C4)c2CC1.O=C(O)C(F)(F)F.O=C(O)C(F)(F)F. The van der Waals surface area contributed by atoms with Crippen molar-refractivity contribution in [1.82, 2.24) is 20.0 Å². The summed E-state index contributed by atoms with van der Waals surface area (Å²) in [7, 11) is 3.70. The molecule has 0 spiro atoms. The summed E-state index contributed by atoms with van der Waals surface area (Å²) < 4.78 is 68.9. The number of rotatable bonds is 3. The van der Waals surface area contributed by atoms with E-state index < -0.39 is 24.3 Å². The third-order valence-electron chi connectivity index (χ3n) is 6.78. The summed E-state index contributed by atoms with van der Waals surface area (Å²) in [4.78, 5) is 35.2. The number of amides is 1. The third-order valence-corrected chi connectivity index (χ3v) is 7.01. The van der Waals surface area contributed by atoms with Crippen LogP contribution in [0.1, 0.15) is 32.7 Å². The second-order valence-corrected chi connectivity index (χ2v) is 10.3. The molecule has 0 bridgehead atoms. The molecule has 0 aliphatic carbocycles. The lowest BCUT2D eigenvalue weighted by molar-refractivity contribution is -0.193. The number of H-pyrrole nitrogens is 1. The Labute approximate surface area is 257 Å². The highest BCUT2D eigenvalue weighted by Crippen LogP contribution is 2.35. The maximum atomic E-state index is 13.2. The lowest BCUT2D eigenvalue weighted by Gasteiger charge is -2.21. The Balaban J connectivity index is 0.000000331. The summed E-state index contributed by atoms with van der Waals surface area (Å²) >= 11 is 6.06. The minimum absolute atomic E-state index is 0.0320. The molecule has 1 aromatic heterocycles. The number of nitrogens with zero attached hydrogens (tertiary/aromatic N) is 3. The molecular formula is C28H27ClF6N4O6. The minimum Gasteiger partial charge on any atom is -0.496 e. The zero-order valence-corrected chi connectivity index (χ0v) is 24.5. The molecule has 2 aliphatic rings. The van der Waals surface area contributed by atoms with Crippen molar-refractivity contribution >= 4 is 29.4 Å². The molecular weight excluding hydrogens is 638 g/mol. The molecule has 3 aromatic rings. The van der Waals surface area contributed by atoms with Crippen LogP contribution in [-0.4, -0.2) is 87.7 Å². The van der Waals surface area contributed by atoms with E-state index in [2.05, 4.69) is 35.2 Å². The van der Waals surface area contributed by atoms with Crippen molar-refractivity contribution in [3.8, 4) is 17.0 Å². The summed E-state index contributed by atoms with van der Waals surface area (Å²) in [5.41, 5.74) is 7.86. The van der Waals surface area contributed by atoms with Gasteiger partial charge in [-0.15, -0.1) is 0 Å². The Kier molecular flexibility index (Phi) is 11.1. The van der Waals surface area contributed by atoms with Gasteiger partial charge in [0.1, 0.15) is 5.75 Å². The van der Waals surface area contributed by atoms with Crippen molar-refractivity contribution in [2.24, 2.45) is 0 Å². The summed E-state index contributed by atoms with van der Waals surface area (Å²) in [6.07, 6.45) is -8.65. The van der Waals surface area contributed by atoms with Crippen molar-refractivity contribution in [1.29, 1.82) is 0 Å². The van der Waals surface area contributed by atoms with Gasteiger partial charge < -0.3 is 19.8 Å². The maximum absolute atomic E-state index is 13.2. The normalized spacial score (nSPS) is 14.6. The standard InChI is InChI=1S/C24H25ClN4O2.2C2HF3O2/c1-28-13-15-4-3-5-17(20(15)14-28)23-18-8-10-29(11-9-21(18)26-27-23)24(30)19-7-6-16(25)12-22(19)31-2;2*3-2(4,5)1(6)7/h3-7,12H,8-11,13-14H2,1-2H3,(H,26,27);2*(H,6,7). The third kappa shape index (κ3) is 8.88. The topological polar surface area (TPSA) is 136 Å². The van der Waals surface area contributed by atoms with E-state index in [9.17, 15) is 31.1 Å². The van der Waals surface area contributed by atoms with Gasteiger partial charge in [0.05, 0.1) is 18.4 Å². The number of benzene rings is 2. The predicted octanol–water partition coefficient (Wildman–Crippen LogP) is 5.19. The number of hydrogen-bond donors (Lipinski definition) is 3. The summed E-state index contributed by atoms with van der Waals surface area (Å²) in [6.45, 7) is 3.18. The van der Waals surface area contributed by atoms with Crippen LogP contribution in [0.4, 0.5) is 26.3 Å². The molecule has 45 heavy (non-hydrogen) atoms. The minimum atomic E-state index is -5.08. The van der Waals surface area contributed by atoms with Gasteiger partial charge in [-0.2, -0.15) is 31.4 Å². The molecule has 3 N–H and O–H groups in total. The van der Waals surface area contributed by atoms with E-state index >= 15 is 0 Å². The molecule has 5 rings (SSSR count). The first-order valence-electron chi connectivity index (χ1n) is 13.0. The van der Waals surface area contributed by atoms with E-state index in [1.165, 1.54) is 22.3 Å². The van der Waals surface area contributed by atoms with Crippen molar-refractivity contribution in [3.05, 3.63) is 69.4 Å². The number of halogens is 7. The Hall–Kier alpha value is -4.31. The van der Waals surface area contributed by atoms with Crippen LogP contribution in [0.15, 0.2) is 36.4 Å². The molecule has 1 amide bonds. The average Bonchev–Trinajstić information content (AvgIpc) is 3.47. The monoisotopic (exact) mass is 664 g/mol. The zero-order valence-electron chi connectivity index (χ0n) is 23.7. The number of ether oxygens (including phenoxy) is 1. The number of carboxylic acids is 2. The van der Waals surface area contributed by atoms with Crippen LogP contribution >= 0.6 is 11.6 Å². The first-order valence-corrected chi connectivity index (χ1v) is 13.4. The van der Waals surface area contributed by atoms with Gasteiger partial charge in [-0.1, -0.05) is 29.8 Å². The fourth-order valence-electron chi connectivity index (χ4n) is 4.73. The van der Waals surface area contributed by atoms with Crippen molar-refractivity contribution in [2.75, 3.05) is 27.2 Å². The van der Waals surface area contributed by atoms with Crippen LogP contribution in [0.2, 0.25) is 5.02 Å². The first kappa shape index (κ1) is 35.2. The number of fused-ring (bicyclic) bond motifs is 2. The lowest BCUT2D eigenvalue weighted by Crippen LogP contribution is -2.33. The fraction of sp³-hybridized carbons (Fsp3) is 0.357. The van der Waals surface area contributed by atoms with Crippen LogP contribution < -0.4 is 4.74 Å². The van der Waals surface area contributed by atoms with Crippen molar-refractivity contribution < 1.29 is 55.7 Å². The van der Waals surface area contributed by atoms with Crippen LogP contribution in [0.3, 0.4) is 0 Å². The number of aromatic nitrogens is 2. The number of carbonyl (C=O) groups excluding carboxylic acids is 1. The van der Waals surface area contributed by atoms with Gasteiger partial charge in [0.2, 0.25) is 0 Å². The van der Waals surface area contributed by atoms with Crippen LogP contribution in [0, 0.1) is 0 Å². The summed E-state index contributed by atoms with van der Waals surface area (Å²) in [6, 6.07) is 11.6. The Morgan fingerprint density at radius 2 is 1.53 bits per heavy atom.